The second-order valence-electron chi connectivity index (χ2n) is 3.95. The van der Waals surface area contributed by atoms with Crippen LogP contribution in [0.15, 0.2) is 30.3 Å². The summed E-state index contributed by atoms with van der Waals surface area (Å²) < 4.78 is 1.45. The van der Waals surface area contributed by atoms with E-state index in [0.717, 1.165) is 0 Å². The Labute approximate surface area is 108 Å². The maximum absolute atomic E-state index is 10.9. The van der Waals surface area contributed by atoms with Crippen molar-refractivity contribution in [2.45, 2.75) is 13.3 Å². The Hall–Kier alpha value is -2.63. The zero-order valence-electron chi connectivity index (χ0n) is 10.2. The van der Waals surface area contributed by atoms with E-state index in [9.17, 15) is 9.59 Å². The Balaban J connectivity index is 2.54. The molecule has 2 N–H and O–H groups in total. The molecule has 0 saturated carbocycles. The molecule has 0 aliphatic carbocycles. The molecule has 0 radical (unpaired) electrons. The summed E-state index contributed by atoms with van der Waals surface area (Å²) in [6.07, 6.45) is 0.595. The Kier molecular flexibility index (Phi) is 3.33. The summed E-state index contributed by atoms with van der Waals surface area (Å²) in [7, 11) is 0. The van der Waals surface area contributed by atoms with E-state index in [1.54, 1.807) is 12.1 Å². The van der Waals surface area contributed by atoms with Crippen LogP contribution in [0.5, 0.6) is 0 Å². The van der Waals surface area contributed by atoms with Crippen LogP contribution in [-0.2, 0) is 6.42 Å². The van der Waals surface area contributed by atoms with Crippen LogP contribution in [0.2, 0.25) is 0 Å². The van der Waals surface area contributed by atoms with E-state index < -0.39 is 11.9 Å². The number of benzene rings is 1. The first kappa shape index (κ1) is 12.8. The van der Waals surface area contributed by atoms with Gasteiger partial charge in [0.05, 0.1) is 11.3 Å². The molecule has 0 amide bonds. The Morgan fingerprint density at radius 2 is 1.95 bits per heavy atom. The number of carbonyl (C=O) groups is 2. The van der Waals surface area contributed by atoms with Gasteiger partial charge in [-0.05, 0) is 30.7 Å². The molecule has 1 heterocycles. The van der Waals surface area contributed by atoms with E-state index in [0.29, 0.717) is 17.8 Å². The summed E-state index contributed by atoms with van der Waals surface area (Å²) in [6.45, 7) is 1.88. The third-order valence-electron chi connectivity index (χ3n) is 2.70. The number of carboxylic acid groups (broad SMARTS) is 2. The predicted molar refractivity (Wildman–Crippen MR) is 66.9 cm³/mol. The lowest BCUT2D eigenvalue weighted by Gasteiger charge is -2.06. The average molecular weight is 260 g/mol. The number of aromatic nitrogens is 2. The van der Waals surface area contributed by atoms with Crippen LogP contribution in [-0.4, -0.2) is 31.9 Å². The topological polar surface area (TPSA) is 92.4 Å². The van der Waals surface area contributed by atoms with E-state index >= 15 is 0 Å². The molecular weight excluding hydrogens is 248 g/mol. The summed E-state index contributed by atoms with van der Waals surface area (Å²) >= 11 is 0. The Bertz CT molecular complexity index is 646. The zero-order chi connectivity index (χ0) is 14.0. The quantitative estimate of drug-likeness (QED) is 0.874. The monoisotopic (exact) mass is 260 g/mol. The molecule has 1 aromatic carbocycles. The molecule has 1 aromatic heterocycles. The summed E-state index contributed by atoms with van der Waals surface area (Å²) in [5.74, 6) is -2.15. The second kappa shape index (κ2) is 4.93. The van der Waals surface area contributed by atoms with Crippen LogP contribution < -0.4 is 0 Å². The molecule has 2 aromatic rings. The van der Waals surface area contributed by atoms with Crippen molar-refractivity contribution < 1.29 is 19.8 Å². The van der Waals surface area contributed by atoms with Crippen molar-refractivity contribution in [2.75, 3.05) is 0 Å². The molecule has 98 valence electrons. The van der Waals surface area contributed by atoms with E-state index in [1.807, 2.05) is 6.92 Å². The predicted octanol–water partition coefficient (Wildman–Crippen LogP) is 1.83. The summed E-state index contributed by atoms with van der Waals surface area (Å²) in [5.41, 5.74) is 1.31. The molecule has 19 heavy (non-hydrogen) atoms. The number of hydrogen-bond acceptors (Lipinski definition) is 3. The molecule has 6 heteroatoms. The molecular formula is C13H12N2O4. The maximum Gasteiger partial charge on any atom is 0.356 e. The highest BCUT2D eigenvalue weighted by Gasteiger charge is 2.14. The van der Waals surface area contributed by atoms with Gasteiger partial charge in [0, 0.05) is 5.69 Å². The Morgan fingerprint density at radius 3 is 2.53 bits per heavy atom. The lowest BCUT2D eigenvalue weighted by molar-refractivity contribution is 0.0681. The van der Waals surface area contributed by atoms with Crippen molar-refractivity contribution in [1.82, 2.24) is 9.78 Å². The molecule has 0 bridgehead atoms. The van der Waals surface area contributed by atoms with Crippen LogP contribution in [0.4, 0.5) is 0 Å². The molecule has 0 aliphatic rings. The standard InChI is InChI=1S/C13H12N2O4/c1-2-9-7-11(13(18)19)14-15(9)10-5-3-4-8(6-10)12(16)17/h3-7H,2H2,1H3,(H,16,17)(H,18,19). The van der Waals surface area contributed by atoms with Crippen LogP contribution in [0.3, 0.4) is 0 Å². The fourth-order valence-electron chi connectivity index (χ4n) is 1.77. The molecule has 0 spiro atoms. The molecule has 0 atom stereocenters. The molecule has 2 rings (SSSR count). The minimum Gasteiger partial charge on any atom is -0.478 e. The first-order valence-electron chi connectivity index (χ1n) is 5.69. The molecule has 0 aliphatic heterocycles. The van der Waals surface area contributed by atoms with Crippen molar-refractivity contribution in [3.8, 4) is 5.69 Å². The fraction of sp³-hybridized carbons (Fsp3) is 0.154. The third kappa shape index (κ3) is 2.47. The first-order chi connectivity index (χ1) is 9.02. The summed E-state index contributed by atoms with van der Waals surface area (Å²) in [6, 6.07) is 7.69. The van der Waals surface area contributed by atoms with Crippen molar-refractivity contribution >= 4 is 11.9 Å². The minimum absolute atomic E-state index is 0.0578. The number of aryl methyl sites for hydroxylation is 1. The van der Waals surface area contributed by atoms with Crippen molar-refractivity contribution in [1.29, 1.82) is 0 Å². The van der Waals surface area contributed by atoms with Gasteiger partial charge in [0.1, 0.15) is 0 Å². The van der Waals surface area contributed by atoms with Gasteiger partial charge in [-0.25, -0.2) is 14.3 Å². The van der Waals surface area contributed by atoms with Crippen molar-refractivity contribution in [2.24, 2.45) is 0 Å². The van der Waals surface area contributed by atoms with Gasteiger partial charge < -0.3 is 10.2 Å². The number of rotatable bonds is 4. The number of hydrogen-bond donors (Lipinski definition) is 2. The highest BCUT2D eigenvalue weighted by molar-refractivity contribution is 5.88. The van der Waals surface area contributed by atoms with Gasteiger partial charge in [0.2, 0.25) is 0 Å². The van der Waals surface area contributed by atoms with E-state index in [-0.39, 0.29) is 11.3 Å². The van der Waals surface area contributed by atoms with Gasteiger partial charge in [-0.2, -0.15) is 5.10 Å². The minimum atomic E-state index is -1.11. The molecule has 0 fully saturated rings. The normalized spacial score (nSPS) is 10.4. The SMILES string of the molecule is CCc1cc(C(=O)O)nn1-c1cccc(C(=O)O)c1. The van der Waals surface area contributed by atoms with E-state index in [1.165, 1.54) is 22.9 Å². The number of nitrogens with zero attached hydrogens (tertiary/aromatic N) is 2. The van der Waals surface area contributed by atoms with Gasteiger partial charge in [-0.3, -0.25) is 0 Å². The van der Waals surface area contributed by atoms with Crippen LogP contribution in [0.1, 0.15) is 33.5 Å². The number of carboxylic acids is 2. The third-order valence-corrected chi connectivity index (χ3v) is 2.70. The fourth-order valence-corrected chi connectivity index (χ4v) is 1.77. The smallest absolute Gasteiger partial charge is 0.356 e. The van der Waals surface area contributed by atoms with Crippen LogP contribution in [0.25, 0.3) is 5.69 Å². The highest BCUT2D eigenvalue weighted by atomic mass is 16.4. The van der Waals surface area contributed by atoms with Gasteiger partial charge in [0.25, 0.3) is 0 Å². The molecule has 0 unspecified atom stereocenters. The van der Waals surface area contributed by atoms with E-state index in [2.05, 4.69) is 5.10 Å². The largest absolute Gasteiger partial charge is 0.478 e. The average Bonchev–Trinajstić information content (AvgIpc) is 2.83. The van der Waals surface area contributed by atoms with Crippen molar-refractivity contribution in [3.63, 3.8) is 0 Å². The van der Waals surface area contributed by atoms with Crippen LogP contribution >= 0.6 is 0 Å². The second-order valence-corrected chi connectivity index (χ2v) is 3.95. The summed E-state index contributed by atoms with van der Waals surface area (Å²) in [4.78, 5) is 21.8. The van der Waals surface area contributed by atoms with Gasteiger partial charge >= 0.3 is 11.9 Å². The molecule has 0 saturated heterocycles. The Morgan fingerprint density at radius 1 is 1.21 bits per heavy atom. The maximum atomic E-state index is 10.9. The summed E-state index contributed by atoms with van der Waals surface area (Å²) in [5, 5.41) is 21.9. The van der Waals surface area contributed by atoms with E-state index in [4.69, 9.17) is 10.2 Å². The van der Waals surface area contributed by atoms with Crippen molar-refractivity contribution in [3.05, 3.63) is 47.3 Å². The van der Waals surface area contributed by atoms with Gasteiger partial charge in [-0.1, -0.05) is 13.0 Å². The first-order valence-corrected chi connectivity index (χ1v) is 5.69. The highest BCUT2D eigenvalue weighted by Crippen LogP contribution is 2.15. The van der Waals surface area contributed by atoms with Gasteiger partial charge in [-0.15, -0.1) is 0 Å². The zero-order valence-corrected chi connectivity index (χ0v) is 10.2. The number of aromatic carboxylic acids is 2. The van der Waals surface area contributed by atoms with Gasteiger partial charge in [0.15, 0.2) is 5.69 Å². The lowest BCUT2D eigenvalue weighted by atomic mass is 10.2. The van der Waals surface area contributed by atoms with Crippen LogP contribution in [0, 0.1) is 0 Å². The lowest BCUT2D eigenvalue weighted by Crippen LogP contribution is -2.05. The molecule has 6 nitrogen and oxygen atoms in total.